The minimum atomic E-state index is -0.641. The summed E-state index contributed by atoms with van der Waals surface area (Å²) in [6, 6.07) is 3.85. The minimum absolute atomic E-state index is 0.0579. The highest BCUT2D eigenvalue weighted by Crippen LogP contribution is 2.17. The summed E-state index contributed by atoms with van der Waals surface area (Å²) in [7, 11) is 1.26. The normalized spacial score (nSPS) is 11.4. The Bertz CT molecular complexity index is 427. The van der Waals surface area contributed by atoms with E-state index in [1.54, 1.807) is 0 Å². The van der Waals surface area contributed by atoms with Crippen LogP contribution in [0, 0.1) is 20.8 Å². The van der Waals surface area contributed by atoms with Gasteiger partial charge < -0.3 is 9.94 Å². The van der Waals surface area contributed by atoms with Crippen LogP contribution in [0.5, 0.6) is 0 Å². The van der Waals surface area contributed by atoms with E-state index in [0.717, 1.165) is 16.7 Å². The maximum absolute atomic E-state index is 11.4. The van der Waals surface area contributed by atoms with Gasteiger partial charge >= 0.3 is 5.97 Å². The molecule has 1 aromatic carbocycles. The zero-order valence-corrected chi connectivity index (χ0v) is 9.87. The molecule has 1 aromatic rings. The number of carbonyl (C=O) groups is 1. The Kier molecular flexibility index (Phi) is 3.66. The van der Waals surface area contributed by atoms with Crippen LogP contribution in [0.4, 0.5) is 0 Å². The first-order valence-electron chi connectivity index (χ1n) is 4.89. The fraction of sp³-hybridized carbons (Fsp3) is 0.333. The van der Waals surface area contributed by atoms with Crippen LogP contribution in [0.1, 0.15) is 22.3 Å². The van der Waals surface area contributed by atoms with Crippen molar-refractivity contribution in [3.8, 4) is 0 Å². The molecule has 1 N–H and O–H groups in total. The fourth-order valence-corrected chi connectivity index (χ4v) is 1.84. The van der Waals surface area contributed by atoms with Gasteiger partial charge in [0.25, 0.3) is 0 Å². The Morgan fingerprint density at radius 1 is 1.25 bits per heavy atom. The molecule has 0 aliphatic rings. The summed E-state index contributed by atoms with van der Waals surface area (Å²) >= 11 is 0. The number of ether oxygens (including phenoxy) is 1. The molecule has 0 aromatic heterocycles. The molecule has 0 heterocycles. The van der Waals surface area contributed by atoms with Crippen molar-refractivity contribution in [3.05, 3.63) is 34.4 Å². The predicted octanol–water partition coefficient (Wildman–Crippen LogP) is 1.96. The SMILES string of the molecule is COC(=O)/C(=N/O)c1c(C)cc(C)cc1C. The van der Waals surface area contributed by atoms with Crippen LogP contribution in [-0.4, -0.2) is 24.0 Å². The van der Waals surface area contributed by atoms with Crippen molar-refractivity contribution in [1.29, 1.82) is 0 Å². The van der Waals surface area contributed by atoms with Crippen molar-refractivity contribution in [2.45, 2.75) is 20.8 Å². The highest BCUT2D eigenvalue weighted by Gasteiger charge is 2.19. The smallest absolute Gasteiger partial charge is 0.360 e. The molecule has 0 saturated carbocycles. The van der Waals surface area contributed by atoms with Gasteiger partial charge in [0.05, 0.1) is 7.11 Å². The fourth-order valence-electron chi connectivity index (χ4n) is 1.84. The molecule has 16 heavy (non-hydrogen) atoms. The first-order chi connectivity index (χ1) is 7.51. The summed E-state index contributed by atoms with van der Waals surface area (Å²) in [5.41, 5.74) is 3.43. The number of hydrogen-bond donors (Lipinski definition) is 1. The summed E-state index contributed by atoms with van der Waals surface area (Å²) in [6.45, 7) is 5.70. The van der Waals surface area contributed by atoms with Crippen LogP contribution in [0.3, 0.4) is 0 Å². The van der Waals surface area contributed by atoms with Gasteiger partial charge in [-0.1, -0.05) is 22.9 Å². The molecule has 4 heteroatoms. The molecule has 0 spiro atoms. The second kappa shape index (κ2) is 4.79. The molecule has 4 nitrogen and oxygen atoms in total. The van der Waals surface area contributed by atoms with Crippen LogP contribution in [0.2, 0.25) is 0 Å². The van der Waals surface area contributed by atoms with Crippen molar-refractivity contribution in [3.63, 3.8) is 0 Å². The van der Waals surface area contributed by atoms with E-state index in [4.69, 9.17) is 5.21 Å². The summed E-state index contributed by atoms with van der Waals surface area (Å²) in [6.07, 6.45) is 0. The summed E-state index contributed by atoms with van der Waals surface area (Å²) in [5.74, 6) is -0.641. The van der Waals surface area contributed by atoms with Crippen LogP contribution in [0.25, 0.3) is 0 Å². The van der Waals surface area contributed by atoms with E-state index in [9.17, 15) is 4.79 Å². The minimum Gasteiger partial charge on any atom is -0.464 e. The zero-order valence-electron chi connectivity index (χ0n) is 9.87. The van der Waals surface area contributed by atoms with Gasteiger partial charge in [0.1, 0.15) is 0 Å². The van der Waals surface area contributed by atoms with E-state index in [2.05, 4.69) is 9.89 Å². The Morgan fingerprint density at radius 2 is 1.75 bits per heavy atom. The average molecular weight is 221 g/mol. The number of rotatable bonds is 2. The Labute approximate surface area is 94.5 Å². The summed E-state index contributed by atoms with van der Waals surface area (Å²) in [5, 5.41) is 11.9. The lowest BCUT2D eigenvalue weighted by Crippen LogP contribution is -2.19. The van der Waals surface area contributed by atoms with Crippen LogP contribution >= 0.6 is 0 Å². The Hall–Kier alpha value is -1.84. The van der Waals surface area contributed by atoms with Crippen molar-refractivity contribution in [1.82, 2.24) is 0 Å². The van der Waals surface area contributed by atoms with Crippen LogP contribution < -0.4 is 0 Å². The number of esters is 1. The zero-order chi connectivity index (χ0) is 12.3. The van der Waals surface area contributed by atoms with E-state index in [1.165, 1.54) is 7.11 Å². The number of methoxy groups -OCH3 is 1. The van der Waals surface area contributed by atoms with E-state index >= 15 is 0 Å². The van der Waals surface area contributed by atoms with Crippen molar-refractivity contribution in [2.75, 3.05) is 7.11 Å². The maximum Gasteiger partial charge on any atom is 0.360 e. The third kappa shape index (κ3) is 2.21. The molecule has 0 atom stereocenters. The number of hydrogen-bond acceptors (Lipinski definition) is 4. The number of aryl methyl sites for hydroxylation is 3. The topological polar surface area (TPSA) is 58.9 Å². The first-order valence-corrected chi connectivity index (χ1v) is 4.89. The molecule has 0 fully saturated rings. The van der Waals surface area contributed by atoms with Gasteiger partial charge in [-0.15, -0.1) is 0 Å². The van der Waals surface area contributed by atoms with E-state index in [1.807, 2.05) is 32.9 Å². The van der Waals surface area contributed by atoms with E-state index in [0.29, 0.717) is 5.56 Å². The highest BCUT2D eigenvalue weighted by molar-refractivity contribution is 6.43. The van der Waals surface area contributed by atoms with Crippen molar-refractivity contribution < 1.29 is 14.7 Å². The van der Waals surface area contributed by atoms with Crippen molar-refractivity contribution >= 4 is 11.7 Å². The molecule has 0 aliphatic heterocycles. The second-order valence-electron chi connectivity index (χ2n) is 3.71. The standard InChI is InChI=1S/C12H15NO3/c1-7-5-8(2)10(9(3)6-7)11(13-15)12(14)16-4/h5-6,15H,1-4H3/b13-11+. The molecule has 86 valence electrons. The molecule has 0 aliphatic carbocycles. The monoisotopic (exact) mass is 221 g/mol. The number of nitrogens with zero attached hydrogens (tertiary/aromatic N) is 1. The summed E-state index contributed by atoms with van der Waals surface area (Å²) < 4.78 is 4.57. The predicted molar refractivity (Wildman–Crippen MR) is 61.0 cm³/mol. The molecule has 0 amide bonds. The second-order valence-corrected chi connectivity index (χ2v) is 3.71. The molecule has 0 bridgehead atoms. The van der Waals surface area contributed by atoms with Gasteiger partial charge in [-0.2, -0.15) is 0 Å². The van der Waals surface area contributed by atoms with E-state index < -0.39 is 5.97 Å². The first kappa shape index (κ1) is 12.2. The average Bonchev–Trinajstić information content (AvgIpc) is 2.22. The van der Waals surface area contributed by atoms with Crippen LogP contribution in [0.15, 0.2) is 17.3 Å². The Balaban J connectivity index is 3.37. The lowest BCUT2D eigenvalue weighted by atomic mass is 9.96. The number of carbonyl (C=O) groups excluding carboxylic acids is 1. The van der Waals surface area contributed by atoms with Gasteiger partial charge in [0, 0.05) is 5.56 Å². The molecular formula is C12H15NO3. The molecule has 1 rings (SSSR count). The molecule has 0 saturated heterocycles. The third-order valence-electron chi connectivity index (χ3n) is 2.39. The molecular weight excluding hydrogens is 206 g/mol. The molecule has 0 unspecified atom stereocenters. The quantitative estimate of drug-likeness (QED) is 0.359. The largest absolute Gasteiger partial charge is 0.464 e. The van der Waals surface area contributed by atoms with Gasteiger partial charge in [-0.3, -0.25) is 0 Å². The summed E-state index contributed by atoms with van der Waals surface area (Å²) in [4.78, 5) is 11.4. The lowest BCUT2D eigenvalue weighted by Gasteiger charge is -2.10. The Morgan fingerprint density at radius 3 is 2.12 bits per heavy atom. The van der Waals surface area contributed by atoms with Gasteiger partial charge in [0.15, 0.2) is 5.71 Å². The van der Waals surface area contributed by atoms with Gasteiger partial charge in [0.2, 0.25) is 0 Å². The van der Waals surface area contributed by atoms with Gasteiger partial charge in [-0.25, -0.2) is 4.79 Å². The molecule has 0 radical (unpaired) electrons. The third-order valence-corrected chi connectivity index (χ3v) is 2.39. The van der Waals surface area contributed by atoms with E-state index in [-0.39, 0.29) is 5.71 Å². The highest BCUT2D eigenvalue weighted by atomic mass is 16.5. The maximum atomic E-state index is 11.4. The number of oxime groups is 1. The van der Waals surface area contributed by atoms with Crippen molar-refractivity contribution in [2.24, 2.45) is 5.16 Å². The lowest BCUT2D eigenvalue weighted by molar-refractivity contribution is -0.132. The van der Waals surface area contributed by atoms with Gasteiger partial charge in [-0.05, 0) is 31.9 Å². The van der Waals surface area contributed by atoms with Crippen LogP contribution in [-0.2, 0) is 9.53 Å². The number of benzene rings is 1.